The fraction of sp³-hybridized carbons (Fsp3) is 0.316. The van der Waals surface area contributed by atoms with Gasteiger partial charge in [-0.05, 0) is 37.4 Å². The molecule has 8 heteroatoms. The van der Waals surface area contributed by atoms with Crippen LogP contribution in [0.5, 0.6) is 0 Å². The molecule has 1 unspecified atom stereocenters. The van der Waals surface area contributed by atoms with Gasteiger partial charge in [0.05, 0.1) is 6.54 Å². The van der Waals surface area contributed by atoms with Crippen molar-refractivity contribution in [3.63, 3.8) is 0 Å². The third-order valence-electron chi connectivity index (χ3n) is 4.03. The largest absolute Gasteiger partial charge is 0.383 e. The second-order valence-electron chi connectivity index (χ2n) is 6.25. The van der Waals surface area contributed by atoms with Crippen molar-refractivity contribution in [2.45, 2.75) is 26.0 Å². The van der Waals surface area contributed by atoms with Gasteiger partial charge < -0.3 is 15.7 Å². The number of nitrogens with one attached hydrogen (secondary N) is 2. The summed E-state index contributed by atoms with van der Waals surface area (Å²) >= 11 is 1.53. The van der Waals surface area contributed by atoms with Gasteiger partial charge >= 0.3 is 0 Å². The van der Waals surface area contributed by atoms with Crippen LogP contribution in [0.4, 0.5) is 0 Å². The summed E-state index contributed by atoms with van der Waals surface area (Å²) in [6, 6.07) is 13.8. The third-order valence-corrected chi connectivity index (χ3v) is 5.15. The van der Waals surface area contributed by atoms with E-state index in [2.05, 4.69) is 25.8 Å². The molecule has 0 aliphatic rings. The number of nitrogens with zero attached hydrogens (tertiary/aromatic N) is 4. The quantitative estimate of drug-likeness (QED) is 0.430. The lowest BCUT2D eigenvalue weighted by Crippen LogP contribution is -2.44. The Kier molecular flexibility index (Phi) is 6.20. The second kappa shape index (κ2) is 8.79. The number of aliphatic imine (C=N–C) groups is 1. The summed E-state index contributed by atoms with van der Waals surface area (Å²) in [4.78, 5) is 5.50. The lowest BCUT2D eigenvalue weighted by molar-refractivity contribution is 0.0655. The van der Waals surface area contributed by atoms with E-state index in [-0.39, 0.29) is 0 Å². The van der Waals surface area contributed by atoms with Crippen molar-refractivity contribution in [1.29, 1.82) is 0 Å². The molecule has 0 aliphatic carbocycles. The summed E-state index contributed by atoms with van der Waals surface area (Å²) in [6.45, 7) is 5.23. The third kappa shape index (κ3) is 4.93. The first-order valence-corrected chi connectivity index (χ1v) is 9.71. The topological polar surface area (TPSA) is 87.4 Å². The lowest BCUT2D eigenvalue weighted by atomic mass is 10.1. The van der Waals surface area contributed by atoms with E-state index in [0.717, 1.165) is 22.9 Å². The molecule has 27 heavy (non-hydrogen) atoms. The summed E-state index contributed by atoms with van der Waals surface area (Å²) in [7, 11) is 0. The van der Waals surface area contributed by atoms with Gasteiger partial charge in [-0.3, -0.25) is 4.57 Å². The summed E-state index contributed by atoms with van der Waals surface area (Å²) in [5, 5.41) is 27.2. The maximum atomic E-state index is 10.7. The molecule has 0 saturated heterocycles. The van der Waals surface area contributed by atoms with Gasteiger partial charge in [-0.15, -0.1) is 21.5 Å². The summed E-state index contributed by atoms with van der Waals surface area (Å²) in [6.07, 6.45) is 1.68. The molecule has 0 saturated carbocycles. The number of aliphatic hydroxyl groups is 1. The lowest BCUT2D eigenvalue weighted by Gasteiger charge is -2.23. The predicted octanol–water partition coefficient (Wildman–Crippen LogP) is 2.29. The number of para-hydroxylation sites is 1. The minimum absolute atomic E-state index is 0.352. The molecule has 7 nitrogen and oxygen atoms in total. The molecule has 0 radical (unpaired) electrons. The van der Waals surface area contributed by atoms with E-state index in [9.17, 15) is 5.11 Å². The monoisotopic (exact) mass is 384 g/mol. The highest BCUT2D eigenvalue weighted by molar-refractivity contribution is 7.10. The van der Waals surface area contributed by atoms with Gasteiger partial charge in [0.2, 0.25) is 0 Å². The molecule has 0 fully saturated rings. The Balaban J connectivity index is 1.69. The Labute approximate surface area is 162 Å². The maximum absolute atomic E-state index is 10.7. The molecule has 0 spiro atoms. The molecule has 0 amide bonds. The summed E-state index contributed by atoms with van der Waals surface area (Å²) in [5.74, 6) is 1.36. The highest BCUT2D eigenvalue weighted by atomic mass is 32.1. The summed E-state index contributed by atoms with van der Waals surface area (Å²) < 4.78 is 1.91. The molecule has 142 valence electrons. The minimum Gasteiger partial charge on any atom is -0.383 e. The van der Waals surface area contributed by atoms with Crippen LogP contribution in [0.25, 0.3) is 5.69 Å². The Morgan fingerprint density at radius 1 is 1.22 bits per heavy atom. The first kappa shape index (κ1) is 19.1. The van der Waals surface area contributed by atoms with Crippen molar-refractivity contribution in [2.75, 3.05) is 13.1 Å². The van der Waals surface area contributed by atoms with E-state index in [1.165, 1.54) is 11.3 Å². The van der Waals surface area contributed by atoms with Crippen molar-refractivity contribution in [1.82, 2.24) is 25.4 Å². The second-order valence-corrected chi connectivity index (χ2v) is 7.20. The van der Waals surface area contributed by atoms with Crippen LogP contribution < -0.4 is 10.6 Å². The number of hydrogen-bond acceptors (Lipinski definition) is 5. The first-order valence-electron chi connectivity index (χ1n) is 8.83. The smallest absolute Gasteiger partial charge is 0.191 e. The number of guanidine groups is 1. The van der Waals surface area contributed by atoms with Crippen molar-refractivity contribution in [2.24, 2.45) is 4.99 Å². The van der Waals surface area contributed by atoms with Gasteiger partial charge in [0, 0.05) is 17.1 Å². The standard InChI is InChI=1S/C19H24N6OS/c1-3-20-18(22-13-19(2,26)16-10-7-11-27-16)21-12-17-24-23-14-25(17)15-8-5-4-6-9-15/h4-11,14,26H,3,12-13H2,1-2H3,(H2,20,21,22). The SMILES string of the molecule is CCNC(=NCc1nncn1-c1ccccc1)NCC(C)(O)c1cccs1. The Morgan fingerprint density at radius 3 is 2.74 bits per heavy atom. The van der Waals surface area contributed by atoms with Gasteiger partial charge in [-0.2, -0.15) is 0 Å². The molecular weight excluding hydrogens is 360 g/mol. The molecule has 3 aromatic rings. The van der Waals surface area contributed by atoms with Gasteiger partial charge in [0.25, 0.3) is 0 Å². The number of aromatic nitrogens is 3. The van der Waals surface area contributed by atoms with Crippen LogP contribution in [0.1, 0.15) is 24.5 Å². The zero-order valence-corrected chi connectivity index (χ0v) is 16.3. The molecule has 1 atom stereocenters. The Morgan fingerprint density at radius 2 is 2.04 bits per heavy atom. The zero-order valence-electron chi connectivity index (χ0n) is 15.5. The highest BCUT2D eigenvalue weighted by Crippen LogP contribution is 2.24. The predicted molar refractivity (Wildman–Crippen MR) is 108 cm³/mol. The van der Waals surface area contributed by atoms with E-state index in [0.29, 0.717) is 19.0 Å². The highest BCUT2D eigenvalue weighted by Gasteiger charge is 2.24. The molecular formula is C19H24N6OS. The van der Waals surface area contributed by atoms with Gasteiger partial charge in [-0.1, -0.05) is 24.3 Å². The number of rotatable bonds is 7. The number of thiophene rings is 1. The Hall–Kier alpha value is -2.71. The van der Waals surface area contributed by atoms with Gasteiger partial charge in [0.1, 0.15) is 18.5 Å². The van der Waals surface area contributed by atoms with E-state index < -0.39 is 5.60 Å². The van der Waals surface area contributed by atoms with Crippen LogP contribution in [-0.2, 0) is 12.1 Å². The normalized spacial score (nSPS) is 14.0. The molecule has 0 aliphatic heterocycles. The van der Waals surface area contributed by atoms with Crippen LogP contribution in [0.2, 0.25) is 0 Å². The number of benzene rings is 1. The summed E-state index contributed by atoms with van der Waals surface area (Å²) in [5.41, 5.74) is 0.0281. The van der Waals surface area contributed by atoms with E-state index in [1.807, 2.05) is 59.3 Å². The van der Waals surface area contributed by atoms with Crippen molar-refractivity contribution in [3.8, 4) is 5.69 Å². The van der Waals surface area contributed by atoms with Crippen LogP contribution in [0, 0.1) is 0 Å². The fourth-order valence-corrected chi connectivity index (χ4v) is 3.38. The van der Waals surface area contributed by atoms with Crippen LogP contribution in [0.3, 0.4) is 0 Å². The minimum atomic E-state index is -0.964. The maximum Gasteiger partial charge on any atom is 0.191 e. The molecule has 1 aromatic carbocycles. The van der Waals surface area contributed by atoms with Crippen molar-refractivity contribution >= 4 is 17.3 Å². The van der Waals surface area contributed by atoms with Crippen molar-refractivity contribution in [3.05, 3.63) is 64.9 Å². The number of hydrogen-bond donors (Lipinski definition) is 3. The zero-order chi connectivity index (χ0) is 19.1. The van der Waals surface area contributed by atoms with Gasteiger partial charge in [-0.25, -0.2) is 4.99 Å². The average Bonchev–Trinajstić information content (AvgIpc) is 3.37. The fourth-order valence-electron chi connectivity index (χ4n) is 2.59. The van der Waals surface area contributed by atoms with Crippen LogP contribution in [0.15, 0.2) is 59.2 Å². The first-order chi connectivity index (χ1) is 13.1. The van der Waals surface area contributed by atoms with E-state index >= 15 is 0 Å². The molecule has 3 N–H and O–H groups in total. The average molecular weight is 385 g/mol. The van der Waals surface area contributed by atoms with E-state index in [1.54, 1.807) is 13.3 Å². The molecule has 0 bridgehead atoms. The van der Waals surface area contributed by atoms with Crippen LogP contribution >= 0.6 is 11.3 Å². The molecule has 3 rings (SSSR count). The Bertz CT molecular complexity index is 857. The molecule has 2 aromatic heterocycles. The molecule has 2 heterocycles. The van der Waals surface area contributed by atoms with Crippen molar-refractivity contribution < 1.29 is 5.11 Å². The van der Waals surface area contributed by atoms with Gasteiger partial charge in [0.15, 0.2) is 11.8 Å². The van der Waals surface area contributed by atoms with Crippen LogP contribution in [-0.4, -0.2) is 38.9 Å². The van der Waals surface area contributed by atoms with E-state index in [4.69, 9.17) is 0 Å².